The number of nitrogens with zero attached hydrogens (tertiary/aromatic N) is 2. The number of nitrogens with one attached hydrogen (secondary N) is 1. The molecule has 0 spiro atoms. The number of likely N-dealkylation sites (N-methyl/N-ethyl adjacent to an activating group) is 1. The van der Waals surface area contributed by atoms with Crippen LogP contribution in [0.5, 0.6) is 0 Å². The second kappa shape index (κ2) is 6.83. The highest BCUT2D eigenvalue weighted by Gasteiger charge is 2.34. The molecule has 0 atom stereocenters. The molecule has 3 rings (SSSR count). The van der Waals surface area contributed by atoms with Crippen LogP contribution in [0.4, 0.5) is 4.79 Å². The van der Waals surface area contributed by atoms with Crippen LogP contribution in [0.3, 0.4) is 0 Å². The summed E-state index contributed by atoms with van der Waals surface area (Å²) in [6, 6.07) is 6.56. The molecule has 0 aliphatic carbocycles. The normalized spacial score (nSPS) is 16.3. The van der Waals surface area contributed by atoms with Gasteiger partial charge in [-0.2, -0.15) is 0 Å². The van der Waals surface area contributed by atoms with Crippen molar-refractivity contribution in [3.63, 3.8) is 0 Å². The Morgan fingerprint density at radius 1 is 1.23 bits per heavy atom. The highest BCUT2D eigenvalue weighted by Crippen LogP contribution is 2.25. The van der Waals surface area contributed by atoms with Gasteiger partial charge in [0, 0.05) is 29.2 Å². The Hall–Kier alpha value is -3.42. The van der Waals surface area contributed by atoms with Crippen LogP contribution in [0.25, 0.3) is 17.0 Å². The average Bonchev–Trinajstić information content (AvgIpc) is 2.96. The second-order valence-corrected chi connectivity index (χ2v) is 5.67. The van der Waals surface area contributed by atoms with E-state index in [0.29, 0.717) is 5.56 Å². The lowest BCUT2D eigenvalue weighted by Crippen LogP contribution is -2.53. The number of ether oxygens (including phenoxy) is 1. The fourth-order valence-corrected chi connectivity index (χ4v) is 2.86. The first-order valence-electron chi connectivity index (χ1n) is 7.99. The summed E-state index contributed by atoms with van der Waals surface area (Å²) in [5, 5.41) is 2.92. The molecule has 0 radical (unpaired) electrons. The molecule has 1 saturated heterocycles. The smallest absolute Gasteiger partial charge is 0.331 e. The number of hydrogen-bond donors (Lipinski definition) is 1. The Kier molecular flexibility index (Phi) is 4.57. The van der Waals surface area contributed by atoms with Gasteiger partial charge in [0.2, 0.25) is 0 Å². The van der Waals surface area contributed by atoms with Crippen LogP contribution in [0.1, 0.15) is 12.5 Å². The van der Waals surface area contributed by atoms with Crippen LogP contribution in [0, 0.1) is 0 Å². The number of methoxy groups -OCH3 is 1. The summed E-state index contributed by atoms with van der Waals surface area (Å²) < 4.78 is 6.38. The number of imide groups is 2. The van der Waals surface area contributed by atoms with Crippen molar-refractivity contribution in [3.8, 4) is 0 Å². The Morgan fingerprint density at radius 3 is 2.65 bits per heavy atom. The quantitative estimate of drug-likeness (QED) is 0.506. The molecule has 4 amide bonds. The summed E-state index contributed by atoms with van der Waals surface area (Å²) in [6.07, 6.45) is 3.10. The van der Waals surface area contributed by atoms with Gasteiger partial charge in [-0.3, -0.25) is 24.6 Å². The number of urea groups is 1. The second-order valence-electron chi connectivity index (χ2n) is 5.67. The molecule has 26 heavy (non-hydrogen) atoms. The number of rotatable bonds is 4. The van der Waals surface area contributed by atoms with Crippen LogP contribution in [-0.2, 0) is 25.7 Å². The molecule has 1 aromatic carbocycles. The fourth-order valence-electron chi connectivity index (χ4n) is 2.86. The van der Waals surface area contributed by atoms with Crippen molar-refractivity contribution in [1.82, 2.24) is 14.8 Å². The predicted octanol–water partition coefficient (Wildman–Crippen LogP) is 1.30. The highest BCUT2D eigenvalue weighted by molar-refractivity contribution is 6.31. The monoisotopic (exact) mass is 355 g/mol. The minimum absolute atomic E-state index is 0.0000988. The Bertz CT molecular complexity index is 957. The van der Waals surface area contributed by atoms with E-state index in [-0.39, 0.29) is 18.7 Å². The maximum atomic E-state index is 12.4. The molecule has 1 aromatic heterocycles. The molecular formula is C18H17N3O5. The summed E-state index contributed by atoms with van der Waals surface area (Å²) in [7, 11) is 1.30. The van der Waals surface area contributed by atoms with E-state index >= 15 is 0 Å². The van der Waals surface area contributed by atoms with E-state index in [1.807, 2.05) is 24.3 Å². The third-order valence-corrected chi connectivity index (χ3v) is 4.15. The zero-order chi connectivity index (χ0) is 18.8. The van der Waals surface area contributed by atoms with E-state index in [9.17, 15) is 19.2 Å². The van der Waals surface area contributed by atoms with Crippen molar-refractivity contribution < 1.29 is 23.9 Å². The number of barbiturate groups is 1. The van der Waals surface area contributed by atoms with Crippen molar-refractivity contribution in [2.45, 2.75) is 13.5 Å². The number of carbonyl (C=O) groups excluding carboxylic acids is 4. The van der Waals surface area contributed by atoms with Crippen LogP contribution in [0.15, 0.2) is 36.0 Å². The standard InChI is InChI=1S/C18H17N3O5/c1-3-21-17(24)13(16(23)19-18(21)25)8-11-9-20(10-15(22)26-2)14-7-5-4-6-12(11)14/h4-9H,3,10H2,1-2H3,(H,19,23,25)/b13-8-. The minimum Gasteiger partial charge on any atom is -0.468 e. The molecule has 0 bridgehead atoms. The molecule has 8 nitrogen and oxygen atoms in total. The Labute approximate surface area is 149 Å². The molecule has 8 heteroatoms. The SMILES string of the molecule is CCN1C(=O)NC(=O)/C(=C/c2cn(CC(=O)OC)c3ccccc23)C1=O. The summed E-state index contributed by atoms with van der Waals surface area (Å²) in [4.78, 5) is 48.9. The molecule has 1 N–H and O–H groups in total. The van der Waals surface area contributed by atoms with Gasteiger partial charge >= 0.3 is 12.0 Å². The van der Waals surface area contributed by atoms with E-state index in [4.69, 9.17) is 4.74 Å². The summed E-state index contributed by atoms with van der Waals surface area (Å²) in [5.41, 5.74) is 1.22. The molecule has 1 aliphatic rings. The van der Waals surface area contributed by atoms with Gasteiger partial charge < -0.3 is 9.30 Å². The number of carbonyl (C=O) groups is 4. The van der Waals surface area contributed by atoms with Gasteiger partial charge in [-0.15, -0.1) is 0 Å². The number of esters is 1. The number of aromatic nitrogens is 1. The maximum absolute atomic E-state index is 12.4. The highest BCUT2D eigenvalue weighted by atomic mass is 16.5. The molecule has 2 aromatic rings. The van der Waals surface area contributed by atoms with E-state index in [0.717, 1.165) is 15.8 Å². The molecular weight excluding hydrogens is 338 g/mol. The number of hydrogen-bond acceptors (Lipinski definition) is 5. The van der Waals surface area contributed by atoms with Crippen LogP contribution >= 0.6 is 0 Å². The molecule has 1 aliphatic heterocycles. The van der Waals surface area contributed by atoms with Crippen LogP contribution in [-0.4, -0.2) is 46.9 Å². The first-order valence-corrected chi connectivity index (χ1v) is 7.99. The van der Waals surface area contributed by atoms with Gasteiger partial charge in [0.1, 0.15) is 12.1 Å². The largest absolute Gasteiger partial charge is 0.468 e. The third-order valence-electron chi connectivity index (χ3n) is 4.15. The van der Waals surface area contributed by atoms with E-state index in [1.165, 1.54) is 13.2 Å². The van der Waals surface area contributed by atoms with Crippen molar-refractivity contribution in [3.05, 3.63) is 41.6 Å². The summed E-state index contributed by atoms with van der Waals surface area (Å²) >= 11 is 0. The first-order chi connectivity index (χ1) is 12.5. The van der Waals surface area contributed by atoms with Crippen molar-refractivity contribution in [2.75, 3.05) is 13.7 Å². The number of para-hydroxylation sites is 1. The third kappa shape index (κ3) is 2.97. The fraction of sp³-hybridized carbons (Fsp3) is 0.222. The van der Waals surface area contributed by atoms with Gasteiger partial charge in [0.25, 0.3) is 11.8 Å². The van der Waals surface area contributed by atoms with Crippen molar-refractivity contribution >= 4 is 40.8 Å². The first kappa shape index (κ1) is 17.4. The zero-order valence-corrected chi connectivity index (χ0v) is 14.3. The average molecular weight is 355 g/mol. The molecule has 1 fully saturated rings. The van der Waals surface area contributed by atoms with E-state index in [2.05, 4.69) is 5.32 Å². The zero-order valence-electron chi connectivity index (χ0n) is 14.3. The number of amides is 4. The lowest BCUT2D eigenvalue weighted by atomic mass is 10.1. The van der Waals surface area contributed by atoms with Crippen molar-refractivity contribution in [1.29, 1.82) is 0 Å². The number of benzene rings is 1. The summed E-state index contributed by atoms with van der Waals surface area (Å²) in [6.45, 7) is 1.80. The number of fused-ring (bicyclic) bond motifs is 1. The Morgan fingerprint density at radius 2 is 1.96 bits per heavy atom. The van der Waals surface area contributed by atoms with Crippen LogP contribution in [0.2, 0.25) is 0 Å². The predicted molar refractivity (Wildman–Crippen MR) is 92.9 cm³/mol. The minimum atomic E-state index is -0.741. The van der Waals surface area contributed by atoms with Gasteiger partial charge in [-0.25, -0.2) is 4.79 Å². The van der Waals surface area contributed by atoms with Crippen molar-refractivity contribution in [2.24, 2.45) is 0 Å². The topological polar surface area (TPSA) is 97.7 Å². The molecule has 0 saturated carbocycles. The van der Waals surface area contributed by atoms with E-state index < -0.39 is 23.8 Å². The lowest BCUT2D eigenvalue weighted by molar-refractivity contribution is -0.141. The van der Waals surface area contributed by atoms with Crippen LogP contribution < -0.4 is 5.32 Å². The molecule has 2 heterocycles. The van der Waals surface area contributed by atoms with Gasteiger partial charge in [0.05, 0.1) is 7.11 Å². The molecule has 0 unspecified atom stereocenters. The summed E-state index contributed by atoms with van der Waals surface area (Å²) in [5.74, 6) is -1.81. The van der Waals surface area contributed by atoms with E-state index in [1.54, 1.807) is 17.7 Å². The lowest BCUT2D eigenvalue weighted by Gasteiger charge is -2.24. The van der Waals surface area contributed by atoms with Gasteiger partial charge in [0.15, 0.2) is 0 Å². The van der Waals surface area contributed by atoms with Gasteiger partial charge in [-0.05, 0) is 19.1 Å². The van der Waals surface area contributed by atoms with Gasteiger partial charge in [-0.1, -0.05) is 18.2 Å². The maximum Gasteiger partial charge on any atom is 0.331 e. The molecule has 134 valence electrons. The Balaban J connectivity index is 2.09.